The van der Waals surface area contributed by atoms with E-state index in [1.165, 1.54) is 32.1 Å². The lowest BCUT2D eigenvalue weighted by Gasteiger charge is -2.23. The number of halogens is 1. The number of para-hydroxylation sites is 1. The van der Waals surface area contributed by atoms with Crippen LogP contribution in [0.2, 0.25) is 5.02 Å². The molecule has 0 radical (unpaired) electrons. The fourth-order valence-corrected chi connectivity index (χ4v) is 2.95. The van der Waals surface area contributed by atoms with Gasteiger partial charge in [-0.1, -0.05) is 49.9 Å². The van der Waals surface area contributed by atoms with E-state index in [1.807, 2.05) is 19.1 Å². The van der Waals surface area contributed by atoms with Gasteiger partial charge in [-0.3, -0.25) is 4.79 Å². The van der Waals surface area contributed by atoms with Crippen molar-refractivity contribution < 1.29 is 9.53 Å². The van der Waals surface area contributed by atoms with Gasteiger partial charge >= 0.3 is 0 Å². The minimum absolute atomic E-state index is 0.0389. The number of carbonyl (C=O) groups is 1. The summed E-state index contributed by atoms with van der Waals surface area (Å²) in [6.45, 7) is 2.71. The predicted molar refractivity (Wildman–Crippen MR) is 85.7 cm³/mol. The lowest BCUT2D eigenvalue weighted by molar-refractivity contribution is -0.128. The lowest BCUT2D eigenvalue weighted by atomic mass is 9.89. The first-order valence-corrected chi connectivity index (χ1v) is 8.27. The van der Waals surface area contributed by atoms with E-state index >= 15 is 0 Å². The van der Waals surface area contributed by atoms with E-state index in [2.05, 4.69) is 5.32 Å². The second kappa shape index (κ2) is 8.28. The van der Waals surface area contributed by atoms with Gasteiger partial charge in [0.05, 0.1) is 5.02 Å². The van der Waals surface area contributed by atoms with E-state index < -0.39 is 6.10 Å². The average Bonchev–Trinajstić information content (AvgIpc) is 2.53. The van der Waals surface area contributed by atoms with Crippen LogP contribution in [0.4, 0.5) is 0 Å². The van der Waals surface area contributed by atoms with Crippen molar-refractivity contribution in [1.82, 2.24) is 5.32 Å². The monoisotopic (exact) mass is 309 g/mol. The molecule has 1 aliphatic rings. The zero-order chi connectivity index (χ0) is 15.1. The molecule has 1 amide bonds. The first-order valence-electron chi connectivity index (χ1n) is 7.89. The molecule has 1 N–H and O–H groups in total. The highest BCUT2D eigenvalue weighted by atomic mass is 35.5. The summed E-state index contributed by atoms with van der Waals surface area (Å²) in [4.78, 5) is 12.3. The van der Waals surface area contributed by atoms with E-state index in [9.17, 15) is 4.79 Å². The number of rotatable bonds is 6. The molecular formula is C17H24ClNO2. The Kier molecular flexibility index (Phi) is 6.37. The number of nitrogens with one attached hydrogen (secondary N) is 1. The van der Waals surface area contributed by atoms with E-state index in [-0.39, 0.29) is 5.91 Å². The van der Waals surface area contributed by atoms with Crippen molar-refractivity contribution in [3.8, 4) is 5.75 Å². The van der Waals surface area contributed by atoms with Gasteiger partial charge in [0.25, 0.3) is 5.91 Å². The number of hydrogen-bond acceptors (Lipinski definition) is 2. The maximum absolute atomic E-state index is 12.3. The number of hydrogen-bond donors (Lipinski definition) is 1. The Labute approximate surface area is 132 Å². The van der Waals surface area contributed by atoms with Crippen molar-refractivity contribution in [2.45, 2.75) is 51.6 Å². The summed E-state index contributed by atoms with van der Waals surface area (Å²) < 4.78 is 5.75. The van der Waals surface area contributed by atoms with E-state index in [0.29, 0.717) is 23.1 Å². The first kappa shape index (κ1) is 16.2. The van der Waals surface area contributed by atoms with Gasteiger partial charge in [0, 0.05) is 6.54 Å². The maximum Gasteiger partial charge on any atom is 0.261 e. The molecule has 4 heteroatoms. The molecule has 1 aromatic rings. The molecule has 1 atom stereocenters. The first-order chi connectivity index (χ1) is 10.2. The summed E-state index contributed by atoms with van der Waals surface area (Å²) in [5.74, 6) is 1.15. The molecule has 21 heavy (non-hydrogen) atoms. The summed E-state index contributed by atoms with van der Waals surface area (Å²) in [5, 5.41) is 3.57. The number of ether oxygens (including phenoxy) is 1. The van der Waals surface area contributed by atoms with Crippen LogP contribution < -0.4 is 10.1 Å². The molecule has 1 saturated carbocycles. The molecule has 0 spiro atoms. The van der Waals surface area contributed by atoms with Crippen molar-refractivity contribution >= 4 is 17.5 Å². The van der Waals surface area contributed by atoms with Crippen LogP contribution in [0.1, 0.15) is 45.4 Å². The third-order valence-corrected chi connectivity index (χ3v) is 4.37. The molecule has 1 unspecified atom stereocenters. The van der Waals surface area contributed by atoms with Crippen LogP contribution in [0.25, 0.3) is 0 Å². The summed E-state index contributed by atoms with van der Waals surface area (Å²) >= 11 is 6.07. The third-order valence-electron chi connectivity index (χ3n) is 4.06. The van der Waals surface area contributed by atoms with Gasteiger partial charge < -0.3 is 10.1 Å². The van der Waals surface area contributed by atoms with Crippen LogP contribution in [0.5, 0.6) is 5.75 Å². The molecule has 0 heterocycles. The van der Waals surface area contributed by atoms with E-state index in [1.54, 1.807) is 12.1 Å². The molecule has 0 bridgehead atoms. The third kappa shape index (κ3) is 4.92. The number of amides is 1. The Balaban J connectivity index is 1.85. The molecule has 3 nitrogen and oxygen atoms in total. The van der Waals surface area contributed by atoms with Gasteiger partial charge in [-0.05, 0) is 37.3 Å². The summed E-state index contributed by atoms with van der Waals surface area (Å²) in [7, 11) is 0. The Hall–Kier alpha value is -1.22. The van der Waals surface area contributed by atoms with Crippen molar-refractivity contribution in [2.24, 2.45) is 5.92 Å². The second-order valence-electron chi connectivity index (χ2n) is 5.69. The fraction of sp³-hybridized carbons (Fsp3) is 0.588. The summed E-state index contributed by atoms with van der Waals surface area (Å²) in [6, 6.07) is 7.26. The standard InChI is InChI=1S/C17H24ClNO2/c1-2-15(21-16-11-7-6-10-14(16)18)17(20)19-12-13-8-4-3-5-9-13/h6-7,10-11,13,15H,2-5,8-9,12H2,1H3,(H,19,20). The highest BCUT2D eigenvalue weighted by Gasteiger charge is 2.21. The highest BCUT2D eigenvalue weighted by Crippen LogP contribution is 2.25. The molecule has 2 rings (SSSR count). The topological polar surface area (TPSA) is 38.3 Å². The zero-order valence-corrected chi connectivity index (χ0v) is 13.4. The molecule has 0 aliphatic heterocycles. The van der Waals surface area contributed by atoms with Gasteiger partial charge in [0.15, 0.2) is 6.10 Å². The van der Waals surface area contributed by atoms with Crippen LogP contribution in [0.15, 0.2) is 24.3 Å². The summed E-state index contributed by atoms with van der Waals surface area (Å²) in [5.41, 5.74) is 0. The van der Waals surface area contributed by atoms with Crippen LogP contribution >= 0.6 is 11.6 Å². The van der Waals surface area contributed by atoms with Crippen molar-refractivity contribution in [3.05, 3.63) is 29.3 Å². The number of carbonyl (C=O) groups excluding carboxylic acids is 1. The molecule has 1 fully saturated rings. The fourth-order valence-electron chi connectivity index (χ4n) is 2.77. The SMILES string of the molecule is CCC(Oc1ccccc1Cl)C(=O)NCC1CCCCC1. The second-order valence-corrected chi connectivity index (χ2v) is 6.10. The lowest BCUT2D eigenvalue weighted by Crippen LogP contribution is -2.40. The highest BCUT2D eigenvalue weighted by molar-refractivity contribution is 6.32. The molecule has 0 saturated heterocycles. The van der Waals surface area contributed by atoms with Gasteiger partial charge in [0.2, 0.25) is 0 Å². The van der Waals surface area contributed by atoms with Crippen LogP contribution in [0.3, 0.4) is 0 Å². The molecular weight excluding hydrogens is 286 g/mol. The van der Waals surface area contributed by atoms with Gasteiger partial charge in [0.1, 0.15) is 5.75 Å². The molecule has 1 aromatic carbocycles. The minimum Gasteiger partial charge on any atom is -0.479 e. The molecule has 116 valence electrons. The maximum atomic E-state index is 12.3. The van der Waals surface area contributed by atoms with Crippen LogP contribution in [-0.2, 0) is 4.79 Å². The van der Waals surface area contributed by atoms with Crippen LogP contribution in [0, 0.1) is 5.92 Å². The normalized spacial score (nSPS) is 17.2. The Morgan fingerprint density at radius 3 is 2.71 bits per heavy atom. The average molecular weight is 310 g/mol. The number of benzene rings is 1. The zero-order valence-electron chi connectivity index (χ0n) is 12.6. The predicted octanol–water partition coefficient (Wildman–Crippen LogP) is 4.19. The largest absolute Gasteiger partial charge is 0.479 e. The van der Waals surface area contributed by atoms with E-state index in [0.717, 1.165) is 6.54 Å². The smallest absolute Gasteiger partial charge is 0.261 e. The van der Waals surface area contributed by atoms with Crippen LogP contribution in [-0.4, -0.2) is 18.6 Å². The van der Waals surface area contributed by atoms with Crippen molar-refractivity contribution in [1.29, 1.82) is 0 Å². The van der Waals surface area contributed by atoms with E-state index in [4.69, 9.17) is 16.3 Å². The van der Waals surface area contributed by atoms with Crippen molar-refractivity contribution in [2.75, 3.05) is 6.54 Å². The summed E-state index contributed by atoms with van der Waals surface area (Å²) in [6.07, 6.45) is 6.50. The van der Waals surface area contributed by atoms with Gasteiger partial charge in [-0.15, -0.1) is 0 Å². The Bertz CT molecular complexity index is 458. The Morgan fingerprint density at radius 2 is 2.05 bits per heavy atom. The van der Waals surface area contributed by atoms with Gasteiger partial charge in [-0.25, -0.2) is 0 Å². The quantitative estimate of drug-likeness (QED) is 0.855. The molecule has 1 aliphatic carbocycles. The van der Waals surface area contributed by atoms with Gasteiger partial charge in [-0.2, -0.15) is 0 Å². The minimum atomic E-state index is -0.478. The Morgan fingerprint density at radius 1 is 1.33 bits per heavy atom. The molecule has 0 aromatic heterocycles. The van der Waals surface area contributed by atoms with Crippen molar-refractivity contribution in [3.63, 3.8) is 0 Å².